The van der Waals surface area contributed by atoms with Gasteiger partial charge in [-0.1, -0.05) is 39.7 Å². The molecule has 1 aliphatic rings. The van der Waals surface area contributed by atoms with Gasteiger partial charge in [-0.05, 0) is 69.9 Å². The second-order valence-corrected chi connectivity index (χ2v) is 9.11. The van der Waals surface area contributed by atoms with Gasteiger partial charge in [0.1, 0.15) is 11.5 Å². The smallest absolute Gasteiger partial charge is 0.295 e. The average Bonchev–Trinajstić information content (AvgIpc) is 2.99. The number of ether oxygens (including phenoxy) is 1. The number of carbonyl (C=O) groups is 2. The van der Waals surface area contributed by atoms with Crippen molar-refractivity contribution < 1.29 is 19.4 Å². The van der Waals surface area contributed by atoms with Crippen LogP contribution in [0.15, 0.2) is 52.5 Å². The summed E-state index contributed by atoms with van der Waals surface area (Å²) in [6, 6.07) is 11.5. The molecule has 0 aromatic heterocycles. The average molecular weight is 522 g/mol. The molecule has 1 heterocycles. The van der Waals surface area contributed by atoms with Crippen LogP contribution in [-0.2, 0) is 9.59 Å². The van der Waals surface area contributed by atoms with Gasteiger partial charge in [0.05, 0.1) is 23.2 Å². The summed E-state index contributed by atoms with van der Waals surface area (Å²) in [7, 11) is 3.91. The van der Waals surface area contributed by atoms with Crippen LogP contribution in [0.5, 0.6) is 5.75 Å². The van der Waals surface area contributed by atoms with E-state index in [-0.39, 0.29) is 11.3 Å². The number of amides is 1. The third-order valence-corrected chi connectivity index (χ3v) is 6.00. The summed E-state index contributed by atoms with van der Waals surface area (Å²) in [4.78, 5) is 29.6. The Morgan fingerprint density at radius 2 is 1.97 bits per heavy atom. The van der Waals surface area contributed by atoms with E-state index in [0.717, 1.165) is 16.6 Å². The van der Waals surface area contributed by atoms with Gasteiger partial charge in [-0.2, -0.15) is 0 Å². The largest absolute Gasteiger partial charge is 0.507 e. The lowest BCUT2D eigenvalue weighted by atomic mass is 9.95. The number of likely N-dealkylation sites (tertiary alicyclic amines) is 1. The van der Waals surface area contributed by atoms with E-state index in [1.807, 2.05) is 50.2 Å². The molecule has 2 aromatic carbocycles. The second kappa shape index (κ2) is 10.5. The maximum absolute atomic E-state index is 13.1. The Hall–Kier alpha value is -2.35. The van der Waals surface area contributed by atoms with Crippen LogP contribution in [-0.4, -0.2) is 60.4 Å². The molecule has 1 atom stereocenters. The first kappa shape index (κ1) is 24.3. The van der Waals surface area contributed by atoms with Crippen molar-refractivity contribution in [3.63, 3.8) is 0 Å². The maximum atomic E-state index is 13.1. The summed E-state index contributed by atoms with van der Waals surface area (Å²) in [5.74, 6) is -1.10. The van der Waals surface area contributed by atoms with Crippen molar-refractivity contribution in [1.29, 1.82) is 0 Å². The minimum Gasteiger partial charge on any atom is -0.507 e. The van der Waals surface area contributed by atoms with Gasteiger partial charge in [0, 0.05) is 16.6 Å². The fraction of sp³-hybridized carbons (Fsp3) is 0.333. The Morgan fingerprint density at radius 3 is 2.59 bits per heavy atom. The first-order valence-corrected chi connectivity index (χ1v) is 11.5. The lowest BCUT2D eigenvalue weighted by molar-refractivity contribution is -0.139. The van der Waals surface area contributed by atoms with Crippen LogP contribution in [0, 0.1) is 0 Å². The quantitative estimate of drug-likeness (QED) is 0.305. The van der Waals surface area contributed by atoms with Crippen LogP contribution >= 0.6 is 27.5 Å². The molecule has 0 radical (unpaired) electrons. The number of hydrogen-bond acceptors (Lipinski definition) is 5. The van der Waals surface area contributed by atoms with Gasteiger partial charge in [-0.25, -0.2) is 0 Å². The van der Waals surface area contributed by atoms with Gasteiger partial charge >= 0.3 is 0 Å². The van der Waals surface area contributed by atoms with Crippen LogP contribution in [0.3, 0.4) is 0 Å². The third-order valence-electron chi connectivity index (χ3n) is 5.21. The fourth-order valence-corrected chi connectivity index (χ4v) is 4.42. The Morgan fingerprint density at radius 1 is 1.22 bits per heavy atom. The van der Waals surface area contributed by atoms with E-state index in [4.69, 9.17) is 16.3 Å². The maximum Gasteiger partial charge on any atom is 0.295 e. The predicted octanol–water partition coefficient (Wildman–Crippen LogP) is 4.87. The molecular weight excluding hydrogens is 496 g/mol. The number of hydrogen-bond donors (Lipinski definition) is 1. The zero-order valence-electron chi connectivity index (χ0n) is 18.3. The molecule has 170 valence electrons. The highest BCUT2D eigenvalue weighted by atomic mass is 79.9. The first-order valence-electron chi connectivity index (χ1n) is 10.4. The van der Waals surface area contributed by atoms with Gasteiger partial charge in [-0.15, -0.1) is 0 Å². The summed E-state index contributed by atoms with van der Waals surface area (Å²) < 4.78 is 6.27. The predicted molar refractivity (Wildman–Crippen MR) is 129 cm³/mol. The molecule has 0 aliphatic carbocycles. The van der Waals surface area contributed by atoms with E-state index in [2.05, 4.69) is 15.9 Å². The molecule has 32 heavy (non-hydrogen) atoms. The topological polar surface area (TPSA) is 70.1 Å². The number of aliphatic hydroxyl groups is 1. The number of nitrogens with zero attached hydrogens (tertiary/aromatic N) is 2. The Bertz CT molecular complexity index is 1050. The Labute approximate surface area is 201 Å². The van der Waals surface area contributed by atoms with Crippen LogP contribution < -0.4 is 4.74 Å². The second-order valence-electron chi connectivity index (χ2n) is 7.78. The first-order chi connectivity index (χ1) is 15.2. The van der Waals surface area contributed by atoms with Gasteiger partial charge in [-0.3, -0.25) is 9.59 Å². The van der Waals surface area contributed by atoms with E-state index < -0.39 is 17.7 Å². The van der Waals surface area contributed by atoms with E-state index in [1.54, 1.807) is 18.2 Å². The van der Waals surface area contributed by atoms with Crippen molar-refractivity contribution in [3.05, 3.63) is 68.7 Å². The van der Waals surface area contributed by atoms with E-state index >= 15 is 0 Å². The number of aliphatic hydroxyl groups excluding tert-OH is 1. The minimum atomic E-state index is -0.706. The zero-order chi connectivity index (χ0) is 23.4. The highest BCUT2D eigenvalue weighted by Gasteiger charge is 2.45. The summed E-state index contributed by atoms with van der Waals surface area (Å²) in [5, 5.41) is 11.5. The molecule has 0 bridgehead atoms. The highest BCUT2D eigenvalue weighted by Crippen LogP contribution is 2.40. The van der Waals surface area contributed by atoms with Crippen molar-refractivity contribution in [2.24, 2.45) is 0 Å². The minimum absolute atomic E-state index is 0.0539. The standard InChI is InChI=1S/C24H26BrClN2O4/c1-4-32-19-10-9-16(14-18(19)26)22(29)20-21(15-7-5-8-17(25)13-15)28(24(31)23(20)30)12-6-11-27(2)3/h5,7-10,13-14,21,29H,4,6,11-12H2,1-3H3/b22-20+/t21-/m0/s1. The van der Waals surface area contributed by atoms with Crippen molar-refractivity contribution in [1.82, 2.24) is 9.80 Å². The summed E-state index contributed by atoms with van der Waals surface area (Å²) in [6.07, 6.45) is 0.694. The molecule has 1 N–H and O–H groups in total. The van der Waals surface area contributed by atoms with Crippen molar-refractivity contribution in [3.8, 4) is 5.75 Å². The van der Waals surface area contributed by atoms with Gasteiger partial charge in [0.25, 0.3) is 11.7 Å². The number of halogens is 2. The molecule has 1 fully saturated rings. The molecule has 6 nitrogen and oxygen atoms in total. The Balaban J connectivity index is 2.09. The number of rotatable bonds is 8. The zero-order valence-corrected chi connectivity index (χ0v) is 20.6. The summed E-state index contributed by atoms with van der Waals surface area (Å²) in [6.45, 7) is 3.45. The van der Waals surface area contributed by atoms with E-state index in [9.17, 15) is 14.7 Å². The molecule has 1 aliphatic heterocycles. The van der Waals surface area contributed by atoms with Crippen LogP contribution in [0.2, 0.25) is 5.02 Å². The number of carbonyl (C=O) groups excluding carboxylic acids is 2. The lowest BCUT2D eigenvalue weighted by Crippen LogP contribution is -2.32. The van der Waals surface area contributed by atoms with Crippen molar-refractivity contribution in [2.75, 3.05) is 33.8 Å². The monoisotopic (exact) mass is 520 g/mol. The van der Waals surface area contributed by atoms with Gasteiger partial charge < -0.3 is 19.6 Å². The molecule has 3 rings (SSSR count). The number of Topliss-reactive ketones (excluding diaryl/α,β-unsaturated/α-hetero) is 1. The number of ketones is 1. The van der Waals surface area contributed by atoms with E-state index in [0.29, 0.717) is 35.9 Å². The number of benzene rings is 2. The van der Waals surface area contributed by atoms with Crippen molar-refractivity contribution in [2.45, 2.75) is 19.4 Å². The van der Waals surface area contributed by atoms with Crippen LogP contribution in [0.25, 0.3) is 5.76 Å². The molecule has 1 saturated heterocycles. The highest BCUT2D eigenvalue weighted by molar-refractivity contribution is 9.10. The SMILES string of the molecule is CCOc1ccc(/C(O)=C2\C(=O)C(=O)N(CCCN(C)C)[C@H]2c2cccc(Br)c2)cc1Cl. The van der Waals surface area contributed by atoms with Crippen LogP contribution in [0.4, 0.5) is 0 Å². The Kier molecular flexibility index (Phi) is 7.98. The molecule has 2 aromatic rings. The summed E-state index contributed by atoms with van der Waals surface area (Å²) in [5.41, 5.74) is 1.14. The molecule has 1 amide bonds. The molecule has 0 unspecified atom stereocenters. The van der Waals surface area contributed by atoms with Gasteiger partial charge in [0.2, 0.25) is 0 Å². The molecular formula is C24H26BrClN2O4. The summed E-state index contributed by atoms with van der Waals surface area (Å²) >= 11 is 9.75. The molecule has 0 saturated carbocycles. The van der Waals surface area contributed by atoms with Crippen molar-refractivity contribution >= 4 is 45.0 Å². The molecule has 0 spiro atoms. The normalized spacial score (nSPS) is 17.9. The fourth-order valence-electron chi connectivity index (χ4n) is 3.77. The van der Waals surface area contributed by atoms with Crippen LogP contribution in [0.1, 0.15) is 30.5 Å². The lowest BCUT2D eigenvalue weighted by Gasteiger charge is -2.26. The molecule has 8 heteroatoms. The van der Waals surface area contributed by atoms with E-state index in [1.165, 1.54) is 4.90 Å². The third kappa shape index (κ3) is 5.17. The van der Waals surface area contributed by atoms with Gasteiger partial charge in [0.15, 0.2) is 0 Å².